The van der Waals surface area contributed by atoms with Gasteiger partial charge in [-0.25, -0.2) is 0 Å². The molecule has 1 heteroatoms. The second kappa shape index (κ2) is 5.16. The monoisotopic (exact) mass is 457 g/mol. The molecule has 0 bridgehead atoms. The van der Waals surface area contributed by atoms with Crippen LogP contribution in [-0.4, -0.2) is 0 Å². The Morgan fingerprint density at radius 1 is 0.818 bits per heavy atom. The first-order valence-corrected chi connectivity index (χ1v) is 9.90. The minimum absolute atomic E-state index is 0.226. The molecule has 0 unspecified atom stereocenters. The van der Waals surface area contributed by atoms with Crippen LogP contribution < -0.4 is 3.32 Å². The molecule has 1 aliphatic rings. The summed E-state index contributed by atoms with van der Waals surface area (Å²) in [7, 11) is 0. The summed E-state index contributed by atoms with van der Waals surface area (Å²) in [6.45, 7) is 13.9. The molecule has 0 radical (unpaired) electrons. The molecule has 0 heterocycles. The van der Waals surface area contributed by atoms with E-state index in [0.717, 1.165) is 30.8 Å². The zero-order valence-corrected chi connectivity index (χ0v) is 18.2. The Morgan fingerprint density at radius 2 is 1.45 bits per heavy atom. The van der Waals surface area contributed by atoms with E-state index in [2.05, 4.69) is 71.9 Å². The van der Waals surface area contributed by atoms with Gasteiger partial charge in [0.15, 0.2) is 0 Å². The van der Waals surface area contributed by atoms with Crippen LogP contribution in [0.2, 0.25) is 0 Å². The fraction of sp³-hybridized carbons (Fsp3) is 0.429. The number of hydrogen-bond acceptors (Lipinski definition) is 0. The van der Waals surface area contributed by atoms with E-state index in [-0.39, 0.29) is 10.8 Å². The second-order valence-corrected chi connectivity index (χ2v) is 10.4. The average molecular weight is 456 g/mol. The summed E-state index contributed by atoms with van der Waals surface area (Å²) >= 11 is 1.13. The predicted molar refractivity (Wildman–Crippen MR) is 91.7 cm³/mol. The normalized spacial score (nSPS) is 13.9. The molecule has 0 saturated carbocycles. The third-order valence-corrected chi connectivity index (χ3v) is 6.80. The van der Waals surface area contributed by atoms with E-state index in [1.807, 2.05) is 0 Å². The van der Waals surface area contributed by atoms with Crippen molar-refractivity contribution in [3.8, 4) is 11.1 Å². The summed E-state index contributed by atoms with van der Waals surface area (Å²) in [6.07, 6.45) is 1.12. The summed E-state index contributed by atoms with van der Waals surface area (Å²) in [5.74, 6) is 0. The van der Waals surface area contributed by atoms with Crippen molar-refractivity contribution in [2.45, 2.75) is 58.8 Å². The maximum atomic E-state index is 2.44. The Balaban J connectivity index is 2.12. The van der Waals surface area contributed by atoms with Gasteiger partial charge in [0, 0.05) is 0 Å². The molecule has 0 N–H and O–H groups in total. The quantitative estimate of drug-likeness (QED) is 0.417. The van der Waals surface area contributed by atoms with Gasteiger partial charge in [0.2, 0.25) is 0 Å². The van der Waals surface area contributed by atoms with Crippen molar-refractivity contribution in [2.75, 3.05) is 0 Å². The SMILES string of the molecule is CC(C)(C)c1ccc2c(c1)Cc1c-2ccc(C(C)(C)C)[c]1[Hf]. The Labute approximate surface area is 149 Å². The van der Waals surface area contributed by atoms with Crippen LogP contribution in [0.25, 0.3) is 11.1 Å². The van der Waals surface area contributed by atoms with Crippen LogP contribution in [0.3, 0.4) is 0 Å². The summed E-state index contributed by atoms with van der Waals surface area (Å²) in [4.78, 5) is 0. The molecule has 3 rings (SSSR count). The zero-order chi connectivity index (χ0) is 16.3. The topological polar surface area (TPSA) is 0 Å². The number of benzene rings is 2. The van der Waals surface area contributed by atoms with E-state index in [9.17, 15) is 0 Å². The molecule has 0 nitrogen and oxygen atoms in total. The van der Waals surface area contributed by atoms with Crippen LogP contribution in [-0.2, 0) is 41.6 Å². The Kier molecular flexibility index (Phi) is 3.79. The Hall–Kier alpha value is -0.690. The van der Waals surface area contributed by atoms with Crippen LogP contribution in [0.5, 0.6) is 0 Å². The molecular weight excluding hydrogens is 431 g/mol. The zero-order valence-electron chi connectivity index (χ0n) is 14.6. The van der Waals surface area contributed by atoms with Crippen molar-refractivity contribution < 1.29 is 24.4 Å². The van der Waals surface area contributed by atoms with Gasteiger partial charge >= 0.3 is 150 Å². The molecule has 0 fully saturated rings. The number of fused-ring (bicyclic) bond motifs is 3. The first-order chi connectivity index (χ1) is 10.1. The predicted octanol–water partition coefficient (Wildman–Crippen LogP) is 5.02. The molecule has 2 aromatic carbocycles. The molecule has 1 aliphatic carbocycles. The van der Waals surface area contributed by atoms with Crippen LogP contribution >= 0.6 is 0 Å². The minimum atomic E-state index is 0.226. The third-order valence-electron chi connectivity index (χ3n) is 4.75. The van der Waals surface area contributed by atoms with Crippen LogP contribution in [0.4, 0.5) is 0 Å². The number of rotatable bonds is 0. The van der Waals surface area contributed by atoms with Gasteiger partial charge in [-0.3, -0.25) is 0 Å². The summed E-state index contributed by atoms with van der Waals surface area (Å²) < 4.78 is 1.62. The molecule has 0 saturated heterocycles. The molecule has 0 atom stereocenters. The molecule has 0 spiro atoms. The van der Waals surface area contributed by atoms with Gasteiger partial charge in [0.05, 0.1) is 0 Å². The van der Waals surface area contributed by atoms with Crippen molar-refractivity contribution >= 4 is 3.32 Å². The van der Waals surface area contributed by atoms with E-state index in [1.165, 1.54) is 22.3 Å². The van der Waals surface area contributed by atoms with Crippen LogP contribution in [0.15, 0.2) is 30.3 Å². The van der Waals surface area contributed by atoms with Gasteiger partial charge < -0.3 is 0 Å². The average Bonchev–Trinajstić information content (AvgIpc) is 2.75. The maximum absolute atomic E-state index is 2.44. The second-order valence-electron chi connectivity index (χ2n) is 8.56. The first-order valence-electron chi connectivity index (χ1n) is 8.11. The molecule has 0 amide bonds. The van der Waals surface area contributed by atoms with Crippen molar-refractivity contribution in [1.82, 2.24) is 0 Å². The van der Waals surface area contributed by atoms with Gasteiger partial charge in [-0.1, -0.05) is 0 Å². The van der Waals surface area contributed by atoms with Gasteiger partial charge in [-0.2, -0.15) is 0 Å². The standard InChI is InChI=1S/C21H25.Hf/c1-20(2,3)16-7-9-18-14(12-16)11-15-13-17(21(4,5)6)8-10-19(15)18;/h7-10,12H,11H2,1-6H3;. The van der Waals surface area contributed by atoms with E-state index in [0.29, 0.717) is 0 Å². The molecule has 0 aliphatic heterocycles. The third kappa shape index (κ3) is 2.66. The Morgan fingerprint density at radius 3 is 2.05 bits per heavy atom. The van der Waals surface area contributed by atoms with Gasteiger partial charge in [0.25, 0.3) is 0 Å². The summed E-state index contributed by atoms with van der Waals surface area (Å²) in [6, 6.07) is 11.8. The Bertz CT molecular complexity index is 740. The van der Waals surface area contributed by atoms with E-state index in [1.54, 1.807) is 14.4 Å². The molecular formula is C21H25Hf. The van der Waals surface area contributed by atoms with Crippen molar-refractivity contribution in [2.24, 2.45) is 0 Å². The van der Waals surface area contributed by atoms with Crippen LogP contribution in [0.1, 0.15) is 63.8 Å². The summed E-state index contributed by atoms with van der Waals surface area (Å²) in [5.41, 5.74) is 9.52. The summed E-state index contributed by atoms with van der Waals surface area (Å²) in [5, 5.41) is 0. The van der Waals surface area contributed by atoms with Crippen LogP contribution in [0, 0.1) is 0 Å². The first kappa shape index (κ1) is 16.2. The van der Waals surface area contributed by atoms with E-state index < -0.39 is 0 Å². The van der Waals surface area contributed by atoms with Crippen molar-refractivity contribution in [3.63, 3.8) is 0 Å². The van der Waals surface area contributed by atoms with Gasteiger partial charge in [0.1, 0.15) is 0 Å². The fourth-order valence-corrected chi connectivity index (χ4v) is 5.82. The van der Waals surface area contributed by atoms with Crippen molar-refractivity contribution in [1.29, 1.82) is 0 Å². The van der Waals surface area contributed by atoms with E-state index in [4.69, 9.17) is 0 Å². The molecule has 113 valence electrons. The number of hydrogen-bond donors (Lipinski definition) is 0. The van der Waals surface area contributed by atoms with Crippen molar-refractivity contribution in [3.05, 3.63) is 52.6 Å². The molecule has 22 heavy (non-hydrogen) atoms. The van der Waals surface area contributed by atoms with Gasteiger partial charge in [-0.05, 0) is 0 Å². The van der Waals surface area contributed by atoms with Gasteiger partial charge in [-0.15, -0.1) is 0 Å². The van der Waals surface area contributed by atoms with E-state index >= 15 is 0 Å². The molecule has 0 aromatic heterocycles. The molecule has 2 aromatic rings. The fourth-order valence-electron chi connectivity index (χ4n) is 3.37.